The first-order chi connectivity index (χ1) is 8.69. The van der Waals surface area contributed by atoms with Gasteiger partial charge in [-0.1, -0.05) is 30.3 Å². The second kappa shape index (κ2) is 4.39. The van der Waals surface area contributed by atoms with Crippen molar-refractivity contribution in [2.24, 2.45) is 0 Å². The molecule has 2 aliphatic heterocycles. The van der Waals surface area contributed by atoms with E-state index in [-0.39, 0.29) is 17.4 Å². The summed E-state index contributed by atoms with van der Waals surface area (Å²) in [6, 6.07) is 10.2. The monoisotopic (exact) mass is 244 g/mol. The van der Waals surface area contributed by atoms with E-state index in [0.29, 0.717) is 0 Å². The third-order valence-electron chi connectivity index (χ3n) is 4.45. The maximum absolute atomic E-state index is 12.2. The molecule has 0 bridgehead atoms. The molecule has 2 aliphatic rings. The van der Waals surface area contributed by atoms with E-state index in [1.165, 1.54) is 0 Å². The molecule has 1 unspecified atom stereocenters. The summed E-state index contributed by atoms with van der Waals surface area (Å²) in [6.45, 7) is 2.17. The van der Waals surface area contributed by atoms with Crippen LogP contribution in [0, 0.1) is 0 Å². The molecule has 2 saturated heterocycles. The van der Waals surface area contributed by atoms with Crippen molar-refractivity contribution < 1.29 is 4.79 Å². The van der Waals surface area contributed by atoms with Gasteiger partial charge in [-0.2, -0.15) is 0 Å². The van der Waals surface area contributed by atoms with Crippen LogP contribution < -0.4 is 5.32 Å². The highest BCUT2D eigenvalue weighted by atomic mass is 16.2. The molecule has 1 atom stereocenters. The van der Waals surface area contributed by atoms with Crippen LogP contribution in [0.1, 0.15) is 30.7 Å². The molecular weight excluding hydrogens is 224 g/mol. The maximum Gasteiger partial charge on any atom is 0.228 e. The van der Waals surface area contributed by atoms with Gasteiger partial charge in [0.2, 0.25) is 5.91 Å². The zero-order chi connectivity index (χ0) is 12.6. The molecule has 1 aromatic rings. The molecular formula is C15H20N2O. The molecule has 0 aliphatic carbocycles. The first kappa shape index (κ1) is 11.7. The van der Waals surface area contributed by atoms with E-state index in [0.717, 1.165) is 37.9 Å². The van der Waals surface area contributed by atoms with Crippen molar-refractivity contribution in [3.63, 3.8) is 0 Å². The number of nitrogens with one attached hydrogen (secondary N) is 1. The summed E-state index contributed by atoms with van der Waals surface area (Å²) in [5.41, 5.74) is 1.22. The van der Waals surface area contributed by atoms with Gasteiger partial charge in [0.1, 0.15) is 0 Å². The van der Waals surface area contributed by atoms with Gasteiger partial charge < -0.3 is 10.2 Å². The van der Waals surface area contributed by atoms with E-state index in [2.05, 4.69) is 29.4 Å². The van der Waals surface area contributed by atoms with Gasteiger partial charge in [0.15, 0.2) is 0 Å². The van der Waals surface area contributed by atoms with Crippen molar-refractivity contribution >= 4 is 5.91 Å². The minimum absolute atomic E-state index is 0.0506. The number of hydrogen-bond acceptors (Lipinski definition) is 2. The Morgan fingerprint density at radius 1 is 1.22 bits per heavy atom. The average Bonchev–Trinajstić information content (AvgIpc) is 2.72. The molecule has 0 radical (unpaired) electrons. The van der Waals surface area contributed by atoms with E-state index in [4.69, 9.17) is 0 Å². The number of benzene rings is 1. The van der Waals surface area contributed by atoms with Crippen LogP contribution in [-0.2, 0) is 4.79 Å². The number of amides is 1. The Balaban J connectivity index is 1.78. The lowest BCUT2D eigenvalue weighted by Crippen LogP contribution is -2.49. The van der Waals surface area contributed by atoms with Gasteiger partial charge in [-0.25, -0.2) is 0 Å². The molecule has 2 fully saturated rings. The van der Waals surface area contributed by atoms with E-state index in [1.54, 1.807) is 0 Å². The number of hydrogen-bond donors (Lipinski definition) is 1. The first-order valence-electron chi connectivity index (χ1n) is 6.74. The summed E-state index contributed by atoms with van der Waals surface area (Å²) >= 11 is 0. The second-order valence-electron chi connectivity index (χ2n) is 5.74. The fourth-order valence-electron chi connectivity index (χ4n) is 3.21. The van der Waals surface area contributed by atoms with Crippen LogP contribution in [0.2, 0.25) is 0 Å². The Bertz CT molecular complexity index is 435. The van der Waals surface area contributed by atoms with Crippen molar-refractivity contribution in [1.82, 2.24) is 10.2 Å². The van der Waals surface area contributed by atoms with E-state index in [1.807, 2.05) is 18.2 Å². The number of rotatable bonds is 1. The maximum atomic E-state index is 12.2. The Hall–Kier alpha value is -1.35. The third kappa shape index (κ3) is 2.03. The average molecular weight is 244 g/mol. The third-order valence-corrected chi connectivity index (χ3v) is 4.45. The van der Waals surface area contributed by atoms with Gasteiger partial charge in [0.25, 0.3) is 0 Å². The number of carbonyl (C=O) groups is 1. The Labute approximate surface area is 108 Å². The van der Waals surface area contributed by atoms with Crippen molar-refractivity contribution in [2.45, 2.75) is 30.7 Å². The lowest BCUT2D eigenvalue weighted by molar-refractivity contribution is -0.121. The predicted octanol–water partition coefficient (Wildman–Crippen LogP) is 1.75. The van der Waals surface area contributed by atoms with Gasteiger partial charge in [-0.15, -0.1) is 0 Å². The molecule has 0 aromatic heterocycles. The van der Waals surface area contributed by atoms with Gasteiger partial charge in [-0.3, -0.25) is 4.79 Å². The van der Waals surface area contributed by atoms with Crippen molar-refractivity contribution in [3.05, 3.63) is 35.9 Å². The van der Waals surface area contributed by atoms with Gasteiger partial charge in [0, 0.05) is 18.6 Å². The standard InChI is InChI=1S/C15H20N2O/c1-17-9-7-15(8-10-17)11-13(14(18)16-15)12-5-3-2-4-6-12/h2-6,13H,7-11H2,1H3,(H,16,18). The normalized spacial score (nSPS) is 27.4. The van der Waals surface area contributed by atoms with Gasteiger partial charge >= 0.3 is 0 Å². The lowest BCUT2D eigenvalue weighted by Gasteiger charge is -2.37. The lowest BCUT2D eigenvalue weighted by atomic mass is 9.82. The SMILES string of the molecule is CN1CCC2(CC1)CC(c1ccccc1)C(=O)N2. The summed E-state index contributed by atoms with van der Waals surface area (Å²) in [6.07, 6.45) is 3.13. The largest absolute Gasteiger partial charge is 0.350 e. The molecule has 3 heteroatoms. The van der Waals surface area contributed by atoms with Crippen molar-refractivity contribution in [3.8, 4) is 0 Å². The number of carbonyl (C=O) groups excluding carboxylic acids is 1. The minimum atomic E-state index is 0.0506. The highest BCUT2D eigenvalue weighted by Crippen LogP contribution is 2.38. The molecule has 3 rings (SSSR count). The molecule has 3 nitrogen and oxygen atoms in total. The smallest absolute Gasteiger partial charge is 0.228 e. The van der Waals surface area contributed by atoms with Gasteiger partial charge in [-0.05, 0) is 31.9 Å². The minimum Gasteiger partial charge on any atom is -0.350 e. The summed E-state index contributed by atoms with van der Waals surface area (Å²) in [5, 5.41) is 3.27. The summed E-state index contributed by atoms with van der Waals surface area (Å²) in [4.78, 5) is 14.5. The van der Waals surface area contributed by atoms with Crippen LogP contribution in [0.3, 0.4) is 0 Å². The number of nitrogens with zero attached hydrogens (tertiary/aromatic N) is 1. The molecule has 18 heavy (non-hydrogen) atoms. The first-order valence-corrected chi connectivity index (χ1v) is 6.74. The molecule has 0 saturated carbocycles. The van der Waals surface area contributed by atoms with E-state index >= 15 is 0 Å². The molecule has 2 heterocycles. The van der Waals surface area contributed by atoms with Crippen LogP contribution in [0.5, 0.6) is 0 Å². The quantitative estimate of drug-likeness (QED) is 0.816. The summed E-state index contributed by atoms with van der Waals surface area (Å²) in [5.74, 6) is 0.264. The molecule has 1 N–H and O–H groups in total. The Morgan fingerprint density at radius 3 is 2.56 bits per heavy atom. The molecule has 96 valence electrons. The zero-order valence-electron chi connectivity index (χ0n) is 10.9. The Kier molecular flexibility index (Phi) is 2.86. The summed E-state index contributed by atoms with van der Waals surface area (Å²) in [7, 11) is 2.15. The van der Waals surface area contributed by atoms with Crippen LogP contribution in [0.4, 0.5) is 0 Å². The zero-order valence-corrected chi connectivity index (χ0v) is 10.9. The van der Waals surface area contributed by atoms with Crippen LogP contribution in [0.15, 0.2) is 30.3 Å². The Morgan fingerprint density at radius 2 is 1.89 bits per heavy atom. The highest BCUT2D eigenvalue weighted by molar-refractivity contribution is 5.87. The summed E-state index contributed by atoms with van der Waals surface area (Å²) < 4.78 is 0. The molecule has 1 spiro atoms. The second-order valence-corrected chi connectivity index (χ2v) is 5.74. The van der Waals surface area contributed by atoms with Crippen molar-refractivity contribution in [2.75, 3.05) is 20.1 Å². The molecule has 1 amide bonds. The topological polar surface area (TPSA) is 32.3 Å². The van der Waals surface area contributed by atoms with E-state index in [9.17, 15) is 4.79 Å². The highest BCUT2D eigenvalue weighted by Gasteiger charge is 2.45. The number of piperidine rings is 1. The number of likely N-dealkylation sites (tertiary alicyclic amines) is 1. The molecule has 1 aromatic carbocycles. The predicted molar refractivity (Wildman–Crippen MR) is 71.4 cm³/mol. The van der Waals surface area contributed by atoms with E-state index < -0.39 is 0 Å². The van der Waals surface area contributed by atoms with Crippen LogP contribution in [0.25, 0.3) is 0 Å². The van der Waals surface area contributed by atoms with Crippen LogP contribution >= 0.6 is 0 Å². The van der Waals surface area contributed by atoms with Crippen molar-refractivity contribution in [1.29, 1.82) is 0 Å². The fourth-order valence-corrected chi connectivity index (χ4v) is 3.21. The van der Waals surface area contributed by atoms with Gasteiger partial charge in [0.05, 0.1) is 5.92 Å². The fraction of sp³-hybridized carbons (Fsp3) is 0.533. The van der Waals surface area contributed by atoms with Crippen LogP contribution in [-0.4, -0.2) is 36.5 Å².